The molecule has 0 aliphatic carbocycles. The summed E-state index contributed by atoms with van der Waals surface area (Å²) in [5, 5.41) is 2.79. The summed E-state index contributed by atoms with van der Waals surface area (Å²) in [4.78, 5) is 36.1. The van der Waals surface area contributed by atoms with Crippen molar-refractivity contribution < 1.29 is 14.3 Å². The van der Waals surface area contributed by atoms with Crippen molar-refractivity contribution in [3.8, 4) is 11.4 Å². The molecule has 0 radical (unpaired) electrons. The molecule has 1 aliphatic rings. The largest absolute Gasteiger partial charge is 0.489 e. The monoisotopic (exact) mass is 395 g/mol. The Hall–Kier alpha value is -3.58. The van der Waals surface area contributed by atoms with Gasteiger partial charge in [-0.1, -0.05) is 23.7 Å². The SMILES string of the molecule is Nc1c2c(cc(=O)n1-c1ccc(OCc3ccc(Cl)cc3)cc1)C(=O)NC2=O. The minimum absolute atomic E-state index is 0.00710. The molecule has 0 bridgehead atoms. The molecule has 2 heterocycles. The summed E-state index contributed by atoms with van der Waals surface area (Å²) in [6, 6.07) is 15.1. The average molecular weight is 396 g/mol. The van der Waals surface area contributed by atoms with Crippen molar-refractivity contribution in [1.29, 1.82) is 0 Å². The van der Waals surface area contributed by atoms with Crippen molar-refractivity contribution in [1.82, 2.24) is 9.88 Å². The third-order valence-electron chi connectivity index (χ3n) is 4.37. The van der Waals surface area contributed by atoms with Gasteiger partial charge in [0.1, 0.15) is 18.2 Å². The number of benzene rings is 2. The van der Waals surface area contributed by atoms with Gasteiger partial charge < -0.3 is 10.5 Å². The van der Waals surface area contributed by atoms with Crippen LogP contribution in [0.5, 0.6) is 5.75 Å². The Kier molecular flexibility index (Phi) is 4.37. The average Bonchev–Trinajstić information content (AvgIpc) is 2.96. The second kappa shape index (κ2) is 6.86. The number of imide groups is 1. The van der Waals surface area contributed by atoms with E-state index in [4.69, 9.17) is 22.1 Å². The number of aromatic nitrogens is 1. The van der Waals surface area contributed by atoms with E-state index in [9.17, 15) is 14.4 Å². The zero-order valence-electron chi connectivity index (χ0n) is 14.4. The summed E-state index contributed by atoms with van der Waals surface area (Å²) in [5.74, 6) is -0.726. The van der Waals surface area contributed by atoms with E-state index in [0.29, 0.717) is 23.1 Å². The number of anilines is 1. The maximum atomic E-state index is 12.4. The third-order valence-corrected chi connectivity index (χ3v) is 4.62. The number of hydrogen-bond acceptors (Lipinski definition) is 5. The lowest BCUT2D eigenvalue weighted by atomic mass is 10.1. The topological polar surface area (TPSA) is 103 Å². The first-order valence-corrected chi connectivity index (χ1v) is 8.71. The Bertz CT molecular complexity index is 1150. The number of halogens is 1. The molecule has 0 fully saturated rings. The van der Waals surface area contributed by atoms with Crippen molar-refractivity contribution in [2.24, 2.45) is 0 Å². The van der Waals surface area contributed by atoms with Gasteiger partial charge in [0.25, 0.3) is 17.4 Å². The second-order valence-corrected chi connectivity index (χ2v) is 6.62. The van der Waals surface area contributed by atoms with Gasteiger partial charge in [-0.15, -0.1) is 0 Å². The lowest BCUT2D eigenvalue weighted by Gasteiger charge is -2.13. The van der Waals surface area contributed by atoms with Gasteiger partial charge in [0.15, 0.2) is 0 Å². The summed E-state index contributed by atoms with van der Waals surface area (Å²) in [6.45, 7) is 0.361. The summed E-state index contributed by atoms with van der Waals surface area (Å²) < 4.78 is 6.90. The number of pyridine rings is 1. The van der Waals surface area contributed by atoms with E-state index in [1.807, 2.05) is 12.1 Å². The van der Waals surface area contributed by atoms with E-state index < -0.39 is 17.4 Å². The maximum absolute atomic E-state index is 12.4. The maximum Gasteiger partial charge on any atom is 0.262 e. The normalized spacial score (nSPS) is 12.6. The van der Waals surface area contributed by atoms with Gasteiger partial charge in [-0.2, -0.15) is 0 Å². The lowest BCUT2D eigenvalue weighted by Crippen LogP contribution is -2.24. The van der Waals surface area contributed by atoms with Crippen LogP contribution >= 0.6 is 11.6 Å². The first kappa shape index (κ1) is 17.8. The standard InChI is InChI=1S/C20H14ClN3O4/c21-12-3-1-11(2-4-12)10-28-14-7-5-13(6-8-14)24-16(25)9-15-17(18(24)22)20(27)23-19(15)26/h1-9H,10,22H2,(H,23,26,27). The number of amides is 2. The summed E-state index contributed by atoms with van der Waals surface area (Å²) in [6.07, 6.45) is 0. The smallest absolute Gasteiger partial charge is 0.262 e. The molecular weight excluding hydrogens is 382 g/mol. The number of nitrogen functional groups attached to an aromatic ring is 1. The number of fused-ring (bicyclic) bond motifs is 1. The molecule has 140 valence electrons. The van der Waals surface area contributed by atoms with Crippen LogP contribution in [0.15, 0.2) is 59.4 Å². The van der Waals surface area contributed by atoms with E-state index >= 15 is 0 Å². The number of carbonyl (C=O) groups is 2. The first-order chi connectivity index (χ1) is 13.4. The number of hydrogen-bond donors (Lipinski definition) is 2. The highest BCUT2D eigenvalue weighted by atomic mass is 35.5. The Morgan fingerprint density at radius 1 is 0.964 bits per heavy atom. The molecule has 3 aromatic rings. The van der Waals surface area contributed by atoms with E-state index in [1.54, 1.807) is 36.4 Å². The highest BCUT2D eigenvalue weighted by Crippen LogP contribution is 2.24. The van der Waals surface area contributed by atoms with Gasteiger partial charge >= 0.3 is 0 Å². The molecule has 2 amide bonds. The van der Waals surface area contributed by atoms with Crippen LogP contribution in [0.3, 0.4) is 0 Å². The van der Waals surface area contributed by atoms with Crippen LogP contribution in [0.25, 0.3) is 5.69 Å². The van der Waals surface area contributed by atoms with E-state index in [1.165, 1.54) is 4.57 Å². The number of nitrogens with one attached hydrogen (secondary N) is 1. The van der Waals surface area contributed by atoms with Gasteiger partial charge in [0, 0.05) is 11.1 Å². The number of ether oxygens (including phenoxy) is 1. The lowest BCUT2D eigenvalue weighted by molar-refractivity contribution is 0.0880. The van der Waals surface area contributed by atoms with Crippen molar-refractivity contribution in [3.63, 3.8) is 0 Å². The van der Waals surface area contributed by atoms with Crippen molar-refractivity contribution in [2.45, 2.75) is 6.61 Å². The fourth-order valence-corrected chi connectivity index (χ4v) is 3.11. The summed E-state index contributed by atoms with van der Waals surface area (Å²) in [7, 11) is 0. The van der Waals surface area contributed by atoms with E-state index in [2.05, 4.69) is 5.32 Å². The molecule has 0 saturated heterocycles. The van der Waals surface area contributed by atoms with Gasteiger partial charge in [0.05, 0.1) is 16.8 Å². The van der Waals surface area contributed by atoms with Crippen LogP contribution < -0.4 is 21.3 Å². The zero-order valence-corrected chi connectivity index (χ0v) is 15.2. The molecule has 0 spiro atoms. The fourth-order valence-electron chi connectivity index (χ4n) is 2.98. The zero-order chi connectivity index (χ0) is 19.8. The second-order valence-electron chi connectivity index (χ2n) is 6.18. The Labute approximate surface area is 164 Å². The molecule has 0 atom stereocenters. The number of rotatable bonds is 4. The Morgan fingerprint density at radius 2 is 1.64 bits per heavy atom. The molecule has 4 rings (SSSR count). The highest BCUT2D eigenvalue weighted by Gasteiger charge is 2.31. The molecule has 28 heavy (non-hydrogen) atoms. The van der Waals surface area contributed by atoms with Crippen LogP contribution in [0.1, 0.15) is 26.3 Å². The molecule has 3 N–H and O–H groups in total. The van der Waals surface area contributed by atoms with Crippen LogP contribution in [-0.2, 0) is 6.61 Å². The van der Waals surface area contributed by atoms with Crippen LogP contribution in [0.2, 0.25) is 5.02 Å². The predicted octanol–water partition coefficient (Wildman–Crippen LogP) is 2.54. The van der Waals surface area contributed by atoms with Gasteiger partial charge in [-0.25, -0.2) is 0 Å². The summed E-state index contributed by atoms with van der Waals surface area (Å²) in [5.41, 5.74) is 6.92. The predicted molar refractivity (Wildman–Crippen MR) is 104 cm³/mol. The number of carbonyl (C=O) groups excluding carboxylic acids is 2. The van der Waals surface area contributed by atoms with Crippen molar-refractivity contribution >= 4 is 29.2 Å². The summed E-state index contributed by atoms with van der Waals surface area (Å²) >= 11 is 5.86. The van der Waals surface area contributed by atoms with Gasteiger partial charge in [0.2, 0.25) is 0 Å². The number of nitrogens with two attached hydrogens (primary N) is 1. The van der Waals surface area contributed by atoms with Crippen molar-refractivity contribution in [2.75, 3.05) is 5.73 Å². The van der Waals surface area contributed by atoms with Gasteiger partial charge in [-0.3, -0.25) is 24.3 Å². The van der Waals surface area contributed by atoms with E-state index in [-0.39, 0.29) is 16.9 Å². The molecule has 2 aromatic carbocycles. The highest BCUT2D eigenvalue weighted by molar-refractivity contribution is 6.30. The third kappa shape index (κ3) is 3.12. The molecule has 0 saturated carbocycles. The van der Waals surface area contributed by atoms with Crippen LogP contribution in [-0.4, -0.2) is 16.4 Å². The van der Waals surface area contributed by atoms with Crippen LogP contribution in [0.4, 0.5) is 5.82 Å². The van der Waals surface area contributed by atoms with E-state index in [0.717, 1.165) is 11.6 Å². The first-order valence-electron chi connectivity index (χ1n) is 8.33. The van der Waals surface area contributed by atoms with Gasteiger partial charge in [-0.05, 0) is 42.0 Å². The Balaban J connectivity index is 1.60. The molecular formula is C20H14ClN3O4. The van der Waals surface area contributed by atoms with Crippen LogP contribution in [0, 0.1) is 0 Å². The quantitative estimate of drug-likeness (QED) is 0.661. The molecule has 1 aromatic heterocycles. The number of nitrogens with zero attached hydrogens (tertiary/aromatic N) is 1. The molecule has 1 aliphatic heterocycles. The fraction of sp³-hybridized carbons (Fsp3) is 0.0500. The Morgan fingerprint density at radius 3 is 2.32 bits per heavy atom. The molecule has 7 nitrogen and oxygen atoms in total. The molecule has 8 heteroatoms. The minimum atomic E-state index is -0.623. The molecule has 0 unspecified atom stereocenters. The minimum Gasteiger partial charge on any atom is -0.489 e. The van der Waals surface area contributed by atoms with Crippen molar-refractivity contribution in [3.05, 3.63) is 86.7 Å².